The lowest BCUT2D eigenvalue weighted by Gasteiger charge is -2.33. The average Bonchev–Trinajstić information content (AvgIpc) is 2.82. The fraction of sp³-hybridized carbons (Fsp3) is 0.462. The smallest absolute Gasteiger partial charge is 0.304 e. The minimum Gasteiger partial charge on any atom is -0.352 e. The molecule has 10 heteroatoms. The number of anilines is 1. The van der Waals surface area contributed by atoms with Crippen molar-refractivity contribution in [3.05, 3.63) is 64.2 Å². The van der Waals surface area contributed by atoms with Crippen LogP contribution in [0, 0.1) is 13.8 Å². The van der Waals surface area contributed by atoms with Crippen molar-refractivity contribution < 1.29 is 18.0 Å². The van der Waals surface area contributed by atoms with Crippen molar-refractivity contribution in [2.75, 3.05) is 24.9 Å². The maximum absolute atomic E-state index is 13.8. The topological polar surface area (TPSA) is 90.0 Å². The Balaban J connectivity index is 2.49. The lowest BCUT2D eigenvalue weighted by molar-refractivity contribution is -0.139. The van der Waals surface area contributed by atoms with E-state index in [1.54, 1.807) is 44.2 Å². The first kappa shape index (κ1) is 29.6. The van der Waals surface area contributed by atoms with E-state index in [0.29, 0.717) is 16.3 Å². The highest BCUT2D eigenvalue weighted by molar-refractivity contribution is 7.90. The van der Waals surface area contributed by atoms with Gasteiger partial charge in [0.05, 0.1) is 5.69 Å². The second kappa shape index (κ2) is 12.6. The summed E-state index contributed by atoms with van der Waals surface area (Å²) >= 11 is 6.02. The molecule has 0 aliphatic heterocycles. The third kappa shape index (κ3) is 7.44. The summed E-state index contributed by atoms with van der Waals surface area (Å²) in [7, 11) is -1.16. The maximum atomic E-state index is 13.8. The molecule has 0 bridgehead atoms. The number of nitrogens with zero attached hydrogens (tertiary/aromatic N) is 3. The lowest BCUT2D eigenvalue weighted by Crippen LogP contribution is -2.53. The van der Waals surface area contributed by atoms with Crippen LogP contribution in [0.2, 0.25) is 5.02 Å². The summed E-state index contributed by atoms with van der Waals surface area (Å²) in [5, 5.41) is 3.47. The first-order valence-corrected chi connectivity index (χ1v) is 13.7. The molecule has 0 radical (unpaired) electrons. The van der Waals surface area contributed by atoms with Crippen molar-refractivity contribution >= 4 is 39.3 Å². The SMILES string of the molecule is CC[C@H](C)NC(=O)[C@H](C)N(Cc1ccc(Cl)cc1)C(=O)CN(c1cc(C)ccc1C)S(=O)(=O)N(C)C. The Kier molecular flexibility index (Phi) is 10.3. The Labute approximate surface area is 220 Å². The zero-order valence-corrected chi connectivity index (χ0v) is 23.7. The molecule has 2 rings (SSSR count). The Hall–Kier alpha value is -2.62. The first-order valence-electron chi connectivity index (χ1n) is 11.9. The number of nitrogens with one attached hydrogen (secondary N) is 1. The number of amides is 2. The van der Waals surface area contributed by atoms with Gasteiger partial charge in [-0.2, -0.15) is 12.7 Å². The quantitative estimate of drug-likeness (QED) is 0.471. The molecule has 2 aromatic rings. The summed E-state index contributed by atoms with van der Waals surface area (Å²) in [6.45, 7) is 8.81. The van der Waals surface area contributed by atoms with Crippen molar-refractivity contribution in [1.82, 2.24) is 14.5 Å². The molecule has 8 nitrogen and oxygen atoms in total. The molecule has 1 N–H and O–H groups in total. The van der Waals surface area contributed by atoms with Crippen LogP contribution in [0.1, 0.15) is 43.9 Å². The highest BCUT2D eigenvalue weighted by Crippen LogP contribution is 2.26. The van der Waals surface area contributed by atoms with Gasteiger partial charge in [0.1, 0.15) is 12.6 Å². The molecule has 0 aliphatic carbocycles. The van der Waals surface area contributed by atoms with Crippen molar-refractivity contribution in [1.29, 1.82) is 0 Å². The number of hydrogen-bond donors (Lipinski definition) is 1. The number of carbonyl (C=O) groups is 2. The molecular weight excluding hydrogens is 500 g/mol. The van der Waals surface area contributed by atoms with E-state index in [9.17, 15) is 18.0 Å². The molecule has 0 spiro atoms. The Morgan fingerprint density at radius 1 is 1.03 bits per heavy atom. The van der Waals surface area contributed by atoms with Gasteiger partial charge in [0.25, 0.3) is 0 Å². The molecule has 36 heavy (non-hydrogen) atoms. The number of hydrogen-bond acceptors (Lipinski definition) is 4. The van der Waals surface area contributed by atoms with Gasteiger partial charge in [-0.3, -0.25) is 9.59 Å². The number of carbonyl (C=O) groups excluding carboxylic acids is 2. The van der Waals surface area contributed by atoms with E-state index in [0.717, 1.165) is 26.2 Å². The number of halogens is 1. The third-order valence-corrected chi connectivity index (χ3v) is 8.14. The molecule has 0 aliphatic rings. The van der Waals surface area contributed by atoms with Gasteiger partial charge in [0, 0.05) is 31.7 Å². The Morgan fingerprint density at radius 2 is 1.64 bits per heavy atom. The van der Waals surface area contributed by atoms with Crippen LogP contribution >= 0.6 is 11.6 Å². The zero-order valence-electron chi connectivity index (χ0n) is 22.1. The van der Waals surface area contributed by atoms with Crippen LogP contribution in [0.3, 0.4) is 0 Å². The van der Waals surface area contributed by atoms with Crippen LogP contribution in [0.15, 0.2) is 42.5 Å². The van der Waals surface area contributed by atoms with Crippen LogP contribution in [0.5, 0.6) is 0 Å². The van der Waals surface area contributed by atoms with Crippen LogP contribution in [-0.2, 0) is 26.3 Å². The minimum absolute atomic E-state index is 0.0620. The normalized spacial score (nSPS) is 13.2. The molecule has 198 valence electrons. The van der Waals surface area contributed by atoms with Gasteiger partial charge in [0.2, 0.25) is 11.8 Å². The van der Waals surface area contributed by atoms with E-state index < -0.39 is 28.7 Å². The summed E-state index contributed by atoms with van der Waals surface area (Å²) in [6, 6.07) is 11.5. The number of rotatable bonds is 11. The van der Waals surface area contributed by atoms with Crippen molar-refractivity contribution in [2.45, 2.75) is 59.7 Å². The van der Waals surface area contributed by atoms with Gasteiger partial charge in [-0.25, -0.2) is 4.31 Å². The van der Waals surface area contributed by atoms with Crippen molar-refractivity contribution in [3.8, 4) is 0 Å². The van der Waals surface area contributed by atoms with E-state index in [2.05, 4.69) is 5.32 Å². The van der Waals surface area contributed by atoms with Crippen molar-refractivity contribution in [2.24, 2.45) is 0 Å². The lowest BCUT2D eigenvalue weighted by atomic mass is 10.1. The zero-order chi connectivity index (χ0) is 27.2. The summed E-state index contributed by atoms with van der Waals surface area (Å²) in [5.74, 6) is -0.802. The van der Waals surface area contributed by atoms with Gasteiger partial charge in [-0.05, 0) is 69.0 Å². The molecule has 0 aromatic heterocycles. The number of benzene rings is 2. The average molecular weight is 537 g/mol. The molecule has 0 heterocycles. The van der Waals surface area contributed by atoms with Crippen LogP contribution in [0.4, 0.5) is 5.69 Å². The Morgan fingerprint density at radius 3 is 2.19 bits per heavy atom. The fourth-order valence-electron chi connectivity index (χ4n) is 3.52. The second-order valence-corrected chi connectivity index (χ2v) is 11.7. The van der Waals surface area contributed by atoms with Gasteiger partial charge < -0.3 is 10.2 Å². The molecule has 2 aromatic carbocycles. The second-order valence-electron chi connectivity index (χ2n) is 9.23. The maximum Gasteiger partial charge on any atom is 0.304 e. The summed E-state index contributed by atoms with van der Waals surface area (Å²) < 4.78 is 28.8. The standard InChI is InChI=1S/C26H37ClN4O4S/c1-8-20(4)28-26(33)21(5)30(16-22-11-13-23(27)14-12-22)25(32)17-31(36(34,35)29(6)7)24-15-18(2)9-10-19(24)3/h9-15,20-21H,8,16-17H2,1-7H3,(H,28,33)/t20-,21-/m0/s1. The largest absolute Gasteiger partial charge is 0.352 e. The van der Waals surface area contributed by atoms with Crippen LogP contribution < -0.4 is 9.62 Å². The molecule has 2 atom stereocenters. The summed E-state index contributed by atoms with van der Waals surface area (Å²) in [5.41, 5.74) is 2.76. The molecule has 0 unspecified atom stereocenters. The van der Waals surface area contributed by atoms with Gasteiger partial charge >= 0.3 is 10.2 Å². The Bertz CT molecular complexity index is 1170. The predicted molar refractivity (Wildman–Crippen MR) is 145 cm³/mol. The van der Waals surface area contributed by atoms with E-state index >= 15 is 0 Å². The minimum atomic E-state index is -4.01. The summed E-state index contributed by atoms with van der Waals surface area (Å²) in [4.78, 5) is 28.2. The molecular formula is C26H37ClN4O4S. The van der Waals surface area contributed by atoms with Gasteiger partial charge in [-0.1, -0.05) is 42.8 Å². The fourth-order valence-corrected chi connectivity index (χ4v) is 4.76. The highest BCUT2D eigenvalue weighted by atomic mass is 35.5. The van der Waals surface area contributed by atoms with Crippen LogP contribution in [-0.4, -0.2) is 62.2 Å². The van der Waals surface area contributed by atoms with E-state index in [1.165, 1.54) is 19.0 Å². The highest BCUT2D eigenvalue weighted by Gasteiger charge is 2.33. The third-order valence-electron chi connectivity index (χ3n) is 6.09. The molecule has 2 amide bonds. The molecule has 0 saturated heterocycles. The molecule has 0 fully saturated rings. The van der Waals surface area contributed by atoms with E-state index in [1.807, 2.05) is 32.9 Å². The van der Waals surface area contributed by atoms with Gasteiger partial charge in [0.15, 0.2) is 0 Å². The van der Waals surface area contributed by atoms with Crippen LogP contribution in [0.25, 0.3) is 0 Å². The van der Waals surface area contributed by atoms with Gasteiger partial charge in [-0.15, -0.1) is 0 Å². The number of aryl methyl sites for hydroxylation is 2. The predicted octanol–water partition coefficient (Wildman–Crippen LogP) is 3.90. The molecule has 0 saturated carbocycles. The monoisotopic (exact) mass is 536 g/mol. The van der Waals surface area contributed by atoms with E-state index in [4.69, 9.17) is 11.6 Å². The van der Waals surface area contributed by atoms with Crippen molar-refractivity contribution in [3.63, 3.8) is 0 Å². The first-order chi connectivity index (χ1) is 16.8. The summed E-state index contributed by atoms with van der Waals surface area (Å²) in [6.07, 6.45) is 0.741. The van der Waals surface area contributed by atoms with E-state index in [-0.39, 0.29) is 18.5 Å².